The van der Waals surface area contributed by atoms with Crippen molar-refractivity contribution in [2.45, 2.75) is 31.8 Å². The zero-order chi connectivity index (χ0) is 16.9. The molecule has 1 amide bonds. The molecule has 1 saturated heterocycles. The van der Waals surface area contributed by atoms with Crippen LogP contribution < -0.4 is 0 Å². The van der Waals surface area contributed by atoms with Crippen molar-refractivity contribution in [2.75, 3.05) is 6.54 Å². The first kappa shape index (κ1) is 16.2. The Morgan fingerprint density at radius 2 is 2.00 bits per heavy atom. The molecule has 2 heterocycles. The van der Waals surface area contributed by atoms with Crippen molar-refractivity contribution < 1.29 is 14.7 Å². The van der Waals surface area contributed by atoms with Gasteiger partial charge in [0.1, 0.15) is 0 Å². The van der Waals surface area contributed by atoms with Crippen molar-refractivity contribution >= 4 is 11.9 Å². The summed E-state index contributed by atoms with van der Waals surface area (Å²) in [5.74, 6) is -1.37. The smallest absolute Gasteiger partial charge is 0.308 e. The Morgan fingerprint density at radius 3 is 2.67 bits per heavy atom. The molecule has 6 nitrogen and oxygen atoms in total. The maximum Gasteiger partial charge on any atom is 0.308 e. The molecule has 0 spiro atoms. The standard InChI is InChI=1S/C18H21N3O3/c22-16-9-8-15(18(23)24)17(14-6-2-1-3-7-14)21(16)13-5-12-20-11-4-10-19-20/h1-4,6-7,10-11,15,17H,5,8-9,12-13H2,(H,23,24). The summed E-state index contributed by atoms with van der Waals surface area (Å²) in [5.41, 5.74) is 0.886. The quantitative estimate of drug-likeness (QED) is 0.883. The minimum absolute atomic E-state index is 0.0295. The van der Waals surface area contributed by atoms with E-state index < -0.39 is 17.9 Å². The van der Waals surface area contributed by atoms with Gasteiger partial charge in [0.2, 0.25) is 5.91 Å². The maximum absolute atomic E-state index is 12.4. The number of hydrogen-bond donors (Lipinski definition) is 1. The number of amides is 1. The van der Waals surface area contributed by atoms with E-state index in [-0.39, 0.29) is 5.91 Å². The monoisotopic (exact) mass is 327 g/mol. The summed E-state index contributed by atoms with van der Waals surface area (Å²) >= 11 is 0. The van der Waals surface area contributed by atoms with Gasteiger partial charge < -0.3 is 10.0 Å². The number of carboxylic acids is 1. The Kier molecular flexibility index (Phi) is 4.93. The average Bonchev–Trinajstić information content (AvgIpc) is 3.10. The summed E-state index contributed by atoms with van der Waals surface area (Å²) in [5, 5.41) is 13.8. The summed E-state index contributed by atoms with van der Waals surface area (Å²) in [6, 6.07) is 10.9. The number of rotatable bonds is 6. The Labute approximate surface area is 140 Å². The van der Waals surface area contributed by atoms with Crippen LogP contribution in [0.3, 0.4) is 0 Å². The second-order valence-electron chi connectivity index (χ2n) is 6.05. The van der Waals surface area contributed by atoms with Crippen molar-refractivity contribution in [3.63, 3.8) is 0 Å². The van der Waals surface area contributed by atoms with Crippen LogP contribution in [-0.4, -0.2) is 38.2 Å². The Hall–Kier alpha value is -2.63. The molecule has 0 bridgehead atoms. The highest BCUT2D eigenvalue weighted by Gasteiger charge is 2.40. The fourth-order valence-electron chi connectivity index (χ4n) is 3.37. The first-order valence-electron chi connectivity index (χ1n) is 8.21. The molecule has 2 atom stereocenters. The molecule has 1 aromatic carbocycles. The lowest BCUT2D eigenvalue weighted by molar-refractivity contribution is -0.152. The van der Waals surface area contributed by atoms with Gasteiger partial charge in [0.15, 0.2) is 0 Å². The van der Waals surface area contributed by atoms with Crippen molar-refractivity contribution in [3.05, 3.63) is 54.4 Å². The number of aliphatic carboxylic acids is 1. The molecule has 0 radical (unpaired) electrons. The Balaban J connectivity index is 1.78. The number of carbonyl (C=O) groups is 2. The zero-order valence-corrected chi connectivity index (χ0v) is 13.4. The van der Waals surface area contributed by atoms with Crippen LogP contribution in [0.5, 0.6) is 0 Å². The lowest BCUT2D eigenvalue weighted by atomic mass is 9.84. The van der Waals surface area contributed by atoms with Gasteiger partial charge in [0, 0.05) is 31.9 Å². The van der Waals surface area contributed by atoms with Gasteiger partial charge in [-0.25, -0.2) is 0 Å². The summed E-state index contributed by atoms with van der Waals surface area (Å²) in [6.07, 6.45) is 5.03. The van der Waals surface area contributed by atoms with Gasteiger partial charge in [0.05, 0.1) is 12.0 Å². The number of benzene rings is 1. The van der Waals surface area contributed by atoms with Crippen LogP contribution in [0, 0.1) is 5.92 Å². The molecular formula is C18H21N3O3. The normalized spacial score (nSPS) is 21.0. The zero-order valence-electron chi connectivity index (χ0n) is 13.4. The predicted octanol–water partition coefficient (Wildman–Crippen LogP) is 2.34. The van der Waals surface area contributed by atoms with E-state index in [1.165, 1.54) is 0 Å². The van der Waals surface area contributed by atoms with Gasteiger partial charge in [-0.3, -0.25) is 14.3 Å². The van der Waals surface area contributed by atoms with Crippen molar-refractivity contribution in [1.82, 2.24) is 14.7 Å². The molecule has 1 aromatic heterocycles. The van der Waals surface area contributed by atoms with Crippen LogP contribution in [0.25, 0.3) is 0 Å². The summed E-state index contributed by atoms with van der Waals surface area (Å²) in [6.45, 7) is 1.23. The molecule has 24 heavy (non-hydrogen) atoms. The third-order valence-electron chi connectivity index (χ3n) is 4.51. The van der Waals surface area contributed by atoms with Crippen molar-refractivity contribution in [2.24, 2.45) is 5.92 Å². The van der Waals surface area contributed by atoms with Gasteiger partial charge in [-0.05, 0) is 24.5 Å². The number of aryl methyl sites for hydroxylation is 1. The average molecular weight is 327 g/mol. The van der Waals surface area contributed by atoms with Crippen LogP contribution in [-0.2, 0) is 16.1 Å². The number of nitrogens with zero attached hydrogens (tertiary/aromatic N) is 3. The number of carboxylic acid groups (broad SMARTS) is 1. The van der Waals surface area contributed by atoms with E-state index in [2.05, 4.69) is 5.10 Å². The molecular weight excluding hydrogens is 306 g/mol. The molecule has 126 valence electrons. The number of likely N-dealkylation sites (tertiary alicyclic amines) is 1. The van der Waals surface area contributed by atoms with E-state index in [0.29, 0.717) is 25.9 Å². The largest absolute Gasteiger partial charge is 0.481 e. The molecule has 3 rings (SSSR count). The summed E-state index contributed by atoms with van der Waals surface area (Å²) < 4.78 is 1.82. The molecule has 1 aliphatic heterocycles. The minimum atomic E-state index is -0.839. The first-order chi connectivity index (χ1) is 11.7. The van der Waals surface area contributed by atoms with Crippen LogP contribution in [0.4, 0.5) is 0 Å². The van der Waals surface area contributed by atoms with Crippen molar-refractivity contribution in [3.8, 4) is 0 Å². The molecule has 6 heteroatoms. The third-order valence-corrected chi connectivity index (χ3v) is 4.51. The lowest BCUT2D eigenvalue weighted by Crippen LogP contribution is -2.45. The second kappa shape index (κ2) is 7.29. The maximum atomic E-state index is 12.4. The number of hydrogen-bond acceptors (Lipinski definition) is 3. The summed E-state index contributed by atoms with van der Waals surface area (Å²) in [7, 11) is 0. The van der Waals surface area contributed by atoms with E-state index >= 15 is 0 Å². The van der Waals surface area contributed by atoms with E-state index in [1.54, 1.807) is 11.1 Å². The van der Waals surface area contributed by atoms with E-state index in [1.807, 2.05) is 47.3 Å². The lowest BCUT2D eigenvalue weighted by Gasteiger charge is -2.40. The SMILES string of the molecule is O=C(O)C1CCC(=O)N(CCCn2cccn2)C1c1ccccc1. The van der Waals surface area contributed by atoms with Gasteiger partial charge in [0.25, 0.3) is 0 Å². The number of carbonyl (C=O) groups excluding carboxylic acids is 1. The topological polar surface area (TPSA) is 75.4 Å². The highest BCUT2D eigenvalue weighted by Crippen LogP contribution is 2.36. The van der Waals surface area contributed by atoms with E-state index in [0.717, 1.165) is 12.0 Å². The molecule has 0 saturated carbocycles. The Bertz CT molecular complexity index is 685. The highest BCUT2D eigenvalue weighted by molar-refractivity contribution is 5.81. The molecule has 1 N–H and O–H groups in total. The van der Waals surface area contributed by atoms with Crippen LogP contribution in [0.2, 0.25) is 0 Å². The molecule has 2 unspecified atom stereocenters. The summed E-state index contributed by atoms with van der Waals surface area (Å²) in [4.78, 5) is 25.9. The highest BCUT2D eigenvalue weighted by atomic mass is 16.4. The molecule has 1 aliphatic rings. The van der Waals surface area contributed by atoms with Crippen LogP contribution in [0.15, 0.2) is 48.8 Å². The second-order valence-corrected chi connectivity index (χ2v) is 6.05. The minimum Gasteiger partial charge on any atom is -0.481 e. The van der Waals surface area contributed by atoms with Crippen LogP contribution in [0.1, 0.15) is 30.9 Å². The molecule has 0 aliphatic carbocycles. The van der Waals surface area contributed by atoms with Crippen LogP contribution >= 0.6 is 0 Å². The fourth-order valence-corrected chi connectivity index (χ4v) is 3.37. The van der Waals surface area contributed by atoms with Gasteiger partial charge in [-0.15, -0.1) is 0 Å². The van der Waals surface area contributed by atoms with Gasteiger partial charge in [-0.2, -0.15) is 5.10 Å². The van der Waals surface area contributed by atoms with Crippen molar-refractivity contribution in [1.29, 1.82) is 0 Å². The first-order valence-corrected chi connectivity index (χ1v) is 8.21. The van der Waals surface area contributed by atoms with Gasteiger partial charge in [-0.1, -0.05) is 30.3 Å². The van der Waals surface area contributed by atoms with E-state index in [4.69, 9.17) is 0 Å². The molecule has 1 fully saturated rings. The van der Waals surface area contributed by atoms with Gasteiger partial charge >= 0.3 is 5.97 Å². The Morgan fingerprint density at radius 1 is 1.21 bits per heavy atom. The van der Waals surface area contributed by atoms with E-state index in [9.17, 15) is 14.7 Å². The third kappa shape index (κ3) is 3.48. The predicted molar refractivity (Wildman–Crippen MR) is 88.1 cm³/mol. The molecule has 2 aromatic rings. The number of piperidine rings is 1. The number of aromatic nitrogens is 2. The fraction of sp³-hybridized carbons (Fsp3) is 0.389.